The van der Waals surface area contributed by atoms with Gasteiger partial charge in [0.15, 0.2) is 5.82 Å². The average molecular weight is 369 g/mol. The zero-order valence-corrected chi connectivity index (χ0v) is 16.2. The maximum atomic E-state index is 11.2. The van der Waals surface area contributed by atoms with Gasteiger partial charge in [-0.25, -0.2) is 4.79 Å². The van der Waals surface area contributed by atoms with E-state index in [2.05, 4.69) is 37.2 Å². The average Bonchev–Trinajstić information content (AvgIpc) is 3.34. The van der Waals surface area contributed by atoms with Crippen LogP contribution >= 0.6 is 0 Å². The molecule has 0 N–H and O–H groups in total. The van der Waals surface area contributed by atoms with Crippen LogP contribution in [0.15, 0.2) is 30.3 Å². The van der Waals surface area contributed by atoms with Gasteiger partial charge in [0.25, 0.3) is 0 Å². The summed E-state index contributed by atoms with van der Waals surface area (Å²) < 4.78 is 4.62. The number of aromatic nitrogens is 4. The number of carbonyl (C=O) groups excluding carboxylic acids is 1. The number of likely N-dealkylation sites (tertiary alicyclic amines) is 1. The molecule has 1 aliphatic heterocycles. The van der Waals surface area contributed by atoms with Crippen LogP contribution in [0.5, 0.6) is 0 Å². The van der Waals surface area contributed by atoms with E-state index in [9.17, 15) is 4.79 Å². The van der Waals surface area contributed by atoms with Crippen LogP contribution < -0.4 is 0 Å². The highest BCUT2D eigenvalue weighted by Gasteiger charge is 2.25. The minimum Gasteiger partial charge on any atom is -0.466 e. The third-order valence-corrected chi connectivity index (χ3v) is 4.85. The first kappa shape index (κ1) is 19.2. The lowest BCUT2D eigenvalue weighted by molar-refractivity contribution is -0.134. The Bertz CT molecular complexity index is 782. The molecule has 144 valence electrons. The first-order valence-electron chi connectivity index (χ1n) is 9.45. The standard InChI is InChI=1S/C20H27N5O2/c1-15(2)25-22-19(21-23-25)12-14-24-13-4-5-18(24)17-9-6-16(7-10-17)8-11-20(26)27-3/h6-11,15,18H,4-5,12-14H2,1-3H3/b11-8+/t18-/m0/s1. The number of rotatable bonds is 7. The third-order valence-electron chi connectivity index (χ3n) is 4.85. The summed E-state index contributed by atoms with van der Waals surface area (Å²) in [7, 11) is 1.38. The summed E-state index contributed by atoms with van der Waals surface area (Å²) in [6, 6.07) is 9.03. The van der Waals surface area contributed by atoms with Crippen molar-refractivity contribution in [2.75, 3.05) is 20.2 Å². The number of ether oxygens (including phenoxy) is 1. The lowest BCUT2D eigenvalue weighted by Crippen LogP contribution is -2.26. The Balaban J connectivity index is 1.60. The summed E-state index contributed by atoms with van der Waals surface area (Å²) in [4.78, 5) is 15.4. The van der Waals surface area contributed by atoms with Gasteiger partial charge in [0.05, 0.1) is 13.2 Å². The van der Waals surface area contributed by atoms with E-state index in [1.165, 1.54) is 25.2 Å². The topological polar surface area (TPSA) is 73.1 Å². The highest BCUT2D eigenvalue weighted by Crippen LogP contribution is 2.32. The molecule has 2 heterocycles. The van der Waals surface area contributed by atoms with Crippen LogP contribution in [-0.2, 0) is 16.0 Å². The molecule has 1 aromatic carbocycles. The van der Waals surface area contributed by atoms with E-state index in [1.807, 2.05) is 26.0 Å². The minimum atomic E-state index is -0.343. The van der Waals surface area contributed by atoms with Gasteiger partial charge >= 0.3 is 5.97 Å². The first-order valence-corrected chi connectivity index (χ1v) is 9.45. The molecular weight excluding hydrogens is 342 g/mol. The van der Waals surface area contributed by atoms with E-state index in [1.54, 1.807) is 10.9 Å². The van der Waals surface area contributed by atoms with Gasteiger partial charge in [0, 0.05) is 25.1 Å². The van der Waals surface area contributed by atoms with Gasteiger partial charge in [0.1, 0.15) is 0 Å². The van der Waals surface area contributed by atoms with Crippen molar-refractivity contribution in [3.8, 4) is 0 Å². The molecule has 0 aliphatic carbocycles. The van der Waals surface area contributed by atoms with Gasteiger partial charge in [-0.15, -0.1) is 10.2 Å². The normalized spacial score (nSPS) is 17.9. The predicted octanol–water partition coefficient (Wildman–Crippen LogP) is 2.82. The Labute approximate surface area is 160 Å². The molecule has 0 unspecified atom stereocenters. The highest BCUT2D eigenvalue weighted by atomic mass is 16.5. The lowest BCUT2D eigenvalue weighted by atomic mass is 10.0. The molecule has 0 spiro atoms. The van der Waals surface area contributed by atoms with E-state index >= 15 is 0 Å². The number of benzene rings is 1. The van der Waals surface area contributed by atoms with Crippen LogP contribution in [0.2, 0.25) is 0 Å². The van der Waals surface area contributed by atoms with Crippen LogP contribution in [0.1, 0.15) is 55.7 Å². The van der Waals surface area contributed by atoms with Crippen molar-refractivity contribution in [2.45, 2.75) is 45.2 Å². The van der Waals surface area contributed by atoms with Crippen LogP contribution in [0.4, 0.5) is 0 Å². The molecule has 0 saturated carbocycles. The Hall–Kier alpha value is -2.54. The quantitative estimate of drug-likeness (QED) is 0.552. The van der Waals surface area contributed by atoms with Crippen LogP contribution in [-0.4, -0.2) is 51.3 Å². The van der Waals surface area contributed by atoms with Gasteiger partial charge < -0.3 is 4.74 Å². The molecule has 1 aromatic heterocycles. The van der Waals surface area contributed by atoms with Crippen LogP contribution in [0, 0.1) is 0 Å². The van der Waals surface area contributed by atoms with Crippen molar-refractivity contribution in [3.05, 3.63) is 47.3 Å². The van der Waals surface area contributed by atoms with Gasteiger partial charge in [-0.1, -0.05) is 24.3 Å². The van der Waals surface area contributed by atoms with Crippen molar-refractivity contribution in [3.63, 3.8) is 0 Å². The zero-order chi connectivity index (χ0) is 19.2. The number of esters is 1. The third kappa shape index (κ3) is 5.01. The minimum absolute atomic E-state index is 0.234. The number of tetrazole rings is 1. The van der Waals surface area contributed by atoms with Crippen molar-refractivity contribution in [1.29, 1.82) is 0 Å². The number of hydrogen-bond donors (Lipinski definition) is 0. The molecule has 2 aromatic rings. The van der Waals surface area contributed by atoms with Crippen LogP contribution in [0.25, 0.3) is 6.08 Å². The Morgan fingerprint density at radius 1 is 1.33 bits per heavy atom. The smallest absolute Gasteiger partial charge is 0.330 e. The number of carbonyl (C=O) groups is 1. The van der Waals surface area contributed by atoms with Gasteiger partial charge in [0.2, 0.25) is 0 Å². The van der Waals surface area contributed by atoms with Crippen molar-refractivity contribution in [2.24, 2.45) is 0 Å². The Morgan fingerprint density at radius 2 is 2.11 bits per heavy atom. The first-order chi connectivity index (χ1) is 13.1. The maximum absolute atomic E-state index is 11.2. The van der Waals surface area contributed by atoms with E-state index in [4.69, 9.17) is 0 Å². The molecule has 1 saturated heterocycles. The van der Waals surface area contributed by atoms with Gasteiger partial charge in [-0.05, 0) is 55.7 Å². The molecule has 1 atom stereocenters. The largest absolute Gasteiger partial charge is 0.466 e. The van der Waals surface area contributed by atoms with Crippen molar-refractivity contribution >= 4 is 12.0 Å². The molecule has 7 nitrogen and oxygen atoms in total. The summed E-state index contributed by atoms with van der Waals surface area (Å²) in [5.41, 5.74) is 2.30. The second-order valence-electron chi connectivity index (χ2n) is 7.09. The fourth-order valence-corrected chi connectivity index (χ4v) is 3.35. The van der Waals surface area contributed by atoms with Crippen molar-refractivity contribution in [1.82, 2.24) is 25.1 Å². The van der Waals surface area contributed by atoms with E-state index in [-0.39, 0.29) is 12.0 Å². The summed E-state index contributed by atoms with van der Waals surface area (Å²) in [5, 5.41) is 12.7. The molecule has 0 amide bonds. The number of nitrogens with zero attached hydrogens (tertiary/aromatic N) is 5. The van der Waals surface area contributed by atoms with E-state index in [0.717, 1.165) is 37.3 Å². The van der Waals surface area contributed by atoms with E-state index in [0.29, 0.717) is 6.04 Å². The number of hydrogen-bond acceptors (Lipinski definition) is 6. The monoisotopic (exact) mass is 369 g/mol. The van der Waals surface area contributed by atoms with Gasteiger partial charge in [-0.2, -0.15) is 4.80 Å². The summed E-state index contributed by atoms with van der Waals surface area (Å²) in [6.45, 7) is 6.11. The Kier molecular flexibility index (Phi) is 6.34. The van der Waals surface area contributed by atoms with E-state index < -0.39 is 0 Å². The SMILES string of the molecule is COC(=O)/C=C/c1ccc([C@@H]2CCCN2CCc2nnn(C(C)C)n2)cc1. The zero-order valence-electron chi connectivity index (χ0n) is 16.2. The fraction of sp³-hybridized carbons (Fsp3) is 0.500. The van der Waals surface area contributed by atoms with Crippen molar-refractivity contribution < 1.29 is 9.53 Å². The second kappa shape index (κ2) is 8.90. The maximum Gasteiger partial charge on any atom is 0.330 e. The highest BCUT2D eigenvalue weighted by molar-refractivity contribution is 5.86. The number of methoxy groups -OCH3 is 1. The molecular formula is C20H27N5O2. The summed E-state index contributed by atoms with van der Waals surface area (Å²) in [5.74, 6) is 0.460. The summed E-state index contributed by atoms with van der Waals surface area (Å²) in [6.07, 6.45) is 6.37. The summed E-state index contributed by atoms with van der Waals surface area (Å²) >= 11 is 0. The predicted molar refractivity (Wildman–Crippen MR) is 103 cm³/mol. The lowest BCUT2D eigenvalue weighted by Gasteiger charge is -2.24. The molecule has 0 bridgehead atoms. The molecule has 7 heteroatoms. The second-order valence-corrected chi connectivity index (χ2v) is 7.09. The molecule has 1 aliphatic rings. The fourth-order valence-electron chi connectivity index (χ4n) is 3.35. The molecule has 3 rings (SSSR count). The van der Waals surface area contributed by atoms with Crippen LogP contribution in [0.3, 0.4) is 0 Å². The molecule has 27 heavy (non-hydrogen) atoms. The molecule has 1 fully saturated rings. The van der Waals surface area contributed by atoms with Gasteiger partial charge in [-0.3, -0.25) is 4.90 Å². The molecule has 0 radical (unpaired) electrons. The Morgan fingerprint density at radius 3 is 2.78 bits per heavy atom.